The van der Waals surface area contributed by atoms with Crippen LogP contribution in [0.2, 0.25) is 0 Å². The van der Waals surface area contributed by atoms with Gasteiger partial charge in [-0.15, -0.1) is 0 Å². The number of carbonyl (C=O) groups excluding carboxylic acids is 1. The van der Waals surface area contributed by atoms with Crippen LogP contribution in [0.3, 0.4) is 0 Å². The first-order valence-corrected chi connectivity index (χ1v) is 3.87. The van der Waals surface area contributed by atoms with Crippen LogP contribution in [0.25, 0.3) is 0 Å². The third-order valence-corrected chi connectivity index (χ3v) is 1.26. The number of aromatic nitrogens is 2. The van der Waals surface area contributed by atoms with Crippen molar-refractivity contribution in [2.45, 2.75) is 20.3 Å². The number of imidazole rings is 1. The molecule has 0 fully saturated rings. The van der Waals surface area contributed by atoms with E-state index >= 15 is 0 Å². The second-order valence-electron chi connectivity index (χ2n) is 2.98. The van der Waals surface area contributed by atoms with Gasteiger partial charge >= 0.3 is 5.97 Å². The van der Waals surface area contributed by atoms with E-state index in [-0.39, 0.29) is 5.97 Å². The fourth-order valence-corrected chi connectivity index (χ4v) is 0.789. The van der Waals surface area contributed by atoms with E-state index < -0.39 is 0 Å². The van der Waals surface area contributed by atoms with Crippen molar-refractivity contribution in [2.75, 3.05) is 0 Å². The summed E-state index contributed by atoms with van der Waals surface area (Å²) in [6.07, 6.45) is 5.01. The van der Waals surface area contributed by atoms with Gasteiger partial charge in [-0.05, 0) is 5.92 Å². The minimum atomic E-state index is -0.233. The molecule has 0 aliphatic rings. The SMILES string of the molecule is CC(C)CC(=O)On1ccnc1. The van der Waals surface area contributed by atoms with Gasteiger partial charge in [0.2, 0.25) is 0 Å². The smallest absolute Gasteiger partial charge is 0.333 e. The molecule has 1 aromatic heterocycles. The molecule has 0 bridgehead atoms. The maximum atomic E-state index is 11.0. The molecule has 0 aliphatic heterocycles. The lowest BCUT2D eigenvalue weighted by molar-refractivity contribution is -0.145. The quantitative estimate of drug-likeness (QED) is 0.673. The summed E-state index contributed by atoms with van der Waals surface area (Å²) in [7, 11) is 0. The Kier molecular flexibility index (Phi) is 2.85. The zero-order chi connectivity index (χ0) is 8.97. The molecule has 1 rings (SSSR count). The van der Waals surface area contributed by atoms with Crippen molar-refractivity contribution in [1.29, 1.82) is 0 Å². The summed E-state index contributed by atoms with van der Waals surface area (Å²) >= 11 is 0. The van der Waals surface area contributed by atoms with Crippen LogP contribution in [0.5, 0.6) is 0 Å². The Labute approximate surface area is 71.1 Å². The van der Waals surface area contributed by atoms with Gasteiger partial charge < -0.3 is 4.84 Å². The van der Waals surface area contributed by atoms with Crippen LogP contribution in [0, 0.1) is 5.92 Å². The first kappa shape index (κ1) is 8.77. The van der Waals surface area contributed by atoms with E-state index in [9.17, 15) is 4.79 Å². The van der Waals surface area contributed by atoms with Gasteiger partial charge in [-0.25, -0.2) is 9.78 Å². The molecule has 0 aromatic carbocycles. The monoisotopic (exact) mass is 168 g/mol. The number of hydrogen-bond donors (Lipinski definition) is 0. The van der Waals surface area contributed by atoms with Crippen molar-refractivity contribution in [2.24, 2.45) is 5.92 Å². The lowest BCUT2D eigenvalue weighted by Gasteiger charge is -2.04. The van der Waals surface area contributed by atoms with Crippen molar-refractivity contribution in [3.63, 3.8) is 0 Å². The Hall–Kier alpha value is -1.32. The van der Waals surface area contributed by atoms with Gasteiger partial charge in [0.25, 0.3) is 0 Å². The number of rotatable bonds is 3. The van der Waals surface area contributed by atoms with Gasteiger partial charge in [-0.3, -0.25) is 0 Å². The van der Waals surface area contributed by atoms with Crippen LogP contribution in [-0.2, 0) is 4.79 Å². The minimum Gasteiger partial charge on any atom is -0.336 e. The fourth-order valence-electron chi connectivity index (χ4n) is 0.789. The molecule has 0 aliphatic carbocycles. The minimum absolute atomic E-state index is 0.233. The van der Waals surface area contributed by atoms with Crippen LogP contribution in [0.4, 0.5) is 0 Å². The lowest BCUT2D eigenvalue weighted by atomic mass is 10.1. The highest BCUT2D eigenvalue weighted by atomic mass is 16.7. The van der Waals surface area contributed by atoms with Crippen molar-refractivity contribution in [3.05, 3.63) is 18.7 Å². The van der Waals surface area contributed by atoms with Crippen LogP contribution >= 0.6 is 0 Å². The van der Waals surface area contributed by atoms with Crippen molar-refractivity contribution < 1.29 is 9.63 Å². The van der Waals surface area contributed by atoms with E-state index in [2.05, 4.69) is 4.98 Å². The topological polar surface area (TPSA) is 44.1 Å². The molecule has 12 heavy (non-hydrogen) atoms. The van der Waals surface area contributed by atoms with Crippen LogP contribution in [0.1, 0.15) is 20.3 Å². The molecule has 0 radical (unpaired) electrons. The van der Waals surface area contributed by atoms with Crippen LogP contribution in [0.15, 0.2) is 18.7 Å². The Morgan fingerprint density at radius 1 is 1.67 bits per heavy atom. The van der Waals surface area contributed by atoms with E-state index in [1.54, 1.807) is 12.4 Å². The summed E-state index contributed by atoms with van der Waals surface area (Å²) in [4.78, 5) is 19.7. The number of carbonyl (C=O) groups is 1. The molecule has 1 heterocycles. The second kappa shape index (κ2) is 3.90. The van der Waals surface area contributed by atoms with Gasteiger partial charge in [0.15, 0.2) is 0 Å². The third kappa shape index (κ3) is 2.74. The summed E-state index contributed by atoms with van der Waals surface area (Å²) in [5.41, 5.74) is 0. The molecular weight excluding hydrogens is 156 g/mol. The molecular formula is C8H12N2O2. The van der Waals surface area contributed by atoms with Gasteiger partial charge in [-0.1, -0.05) is 13.8 Å². The summed E-state index contributed by atoms with van der Waals surface area (Å²) in [5, 5.41) is 0. The van der Waals surface area contributed by atoms with Crippen molar-refractivity contribution >= 4 is 5.97 Å². The van der Waals surface area contributed by atoms with Crippen LogP contribution < -0.4 is 4.84 Å². The highest BCUT2D eigenvalue weighted by Crippen LogP contribution is 1.99. The van der Waals surface area contributed by atoms with Crippen molar-refractivity contribution in [1.82, 2.24) is 9.71 Å². The molecule has 0 saturated carbocycles. The zero-order valence-corrected chi connectivity index (χ0v) is 7.23. The molecule has 0 unspecified atom stereocenters. The van der Waals surface area contributed by atoms with Crippen LogP contribution in [-0.4, -0.2) is 15.7 Å². The highest BCUT2D eigenvalue weighted by Gasteiger charge is 2.06. The summed E-state index contributed by atoms with van der Waals surface area (Å²) < 4.78 is 1.30. The Morgan fingerprint density at radius 2 is 2.42 bits per heavy atom. The Bertz CT molecular complexity index is 242. The lowest BCUT2D eigenvalue weighted by Crippen LogP contribution is -2.19. The average Bonchev–Trinajstić information content (AvgIpc) is 2.37. The standard InChI is InChI=1S/C8H12N2O2/c1-7(2)5-8(11)12-10-4-3-9-6-10/h3-4,6-7H,5H2,1-2H3. The van der Waals surface area contributed by atoms with E-state index in [0.29, 0.717) is 12.3 Å². The van der Waals surface area contributed by atoms with E-state index in [1.807, 2.05) is 13.8 Å². The van der Waals surface area contributed by atoms with Gasteiger partial charge in [0.05, 0.1) is 12.6 Å². The summed E-state index contributed by atoms with van der Waals surface area (Å²) in [5.74, 6) is 0.0871. The molecule has 0 spiro atoms. The second-order valence-corrected chi connectivity index (χ2v) is 2.98. The maximum absolute atomic E-state index is 11.0. The first-order valence-electron chi connectivity index (χ1n) is 3.87. The number of hydrogen-bond acceptors (Lipinski definition) is 3. The van der Waals surface area contributed by atoms with Gasteiger partial charge in [-0.2, -0.15) is 4.73 Å². The summed E-state index contributed by atoms with van der Waals surface area (Å²) in [6.45, 7) is 3.93. The fraction of sp³-hybridized carbons (Fsp3) is 0.500. The molecule has 66 valence electrons. The molecule has 0 saturated heterocycles. The normalized spacial score (nSPS) is 10.2. The maximum Gasteiger partial charge on any atom is 0.333 e. The number of nitrogens with zero attached hydrogens (tertiary/aromatic N) is 2. The predicted molar refractivity (Wildman–Crippen MR) is 43.3 cm³/mol. The Balaban J connectivity index is 2.37. The zero-order valence-electron chi connectivity index (χ0n) is 7.23. The average molecular weight is 168 g/mol. The Morgan fingerprint density at radius 3 is 2.92 bits per heavy atom. The van der Waals surface area contributed by atoms with Gasteiger partial charge in [0.1, 0.15) is 6.33 Å². The predicted octanol–water partition coefficient (Wildman–Crippen LogP) is 0.884. The molecule has 0 N–H and O–H groups in total. The van der Waals surface area contributed by atoms with E-state index in [0.717, 1.165) is 0 Å². The molecule has 0 atom stereocenters. The van der Waals surface area contributed by atoms with Gasteiger partial charge in [0, 0.05) is 6.20 Å². The molecule has 0 amide bonds. The van der Waals surface area contributed by atoms with Crippen molar-refractivity contribution in [3.8, 4) is 0 Å². The molecule has 4 nitrogen and oxygen atoms in total. The van der Waals surface area contributed by atoms with E-state index in [1.165, 1.54) is 11.1 Å². The first-order chi connectivity index (χ1) is 5.68. The molecule has 1 aromatic rings. The van der Waals surface area contributed by atoms with E-state index in [4.69, 9.17) is 4.84 Å². The largest absolute Gasteiger partial charge is 0.336 e. The summed E-state index contributed by atoms with van der Waals surface area (Å²) in [6, 6.07) is 0. The molecule has 4 heteroatoms. The third-order valence-electron chi connectivity index (χ3n) is 1.26. The highest BCUT2D eigenvalue weighted by molar-refractivity contribution is 5.69.